The first kappa shape index (κ1) is 22.6. The van der Waals surface area contributed by atoms with Gasteiger partial charge in [-0.2, -0.15) is 5.26 Å². The average Bonchev–Trinajstić information content (AvgIpc) is 3.54. The second-order valence-corrected chi connectivity index (χ2v) is 9.73. The highest BCUT2D eigenvalue weighted by Gasteiger charge is 2.33. The van der Waals surface area contributed by atoms with Crippen LogP contribution in [0.5, 0.6) is 0 Å². The van der Waals surface area contributed by atoms with Gasteiger partial charge in [-0.15, -0.1) is 0 Å². The van der Waals surface area contributed by atoms with Crippen molar-refractivity contribution in [1.29, 1.82) is 5.26 Å². The maximum atomic E-state index is 12.3. The number of amides is 1. The summed E-state index contributed by atoms with van der Waals surface area (Å²) in [5.41, 5.74) is 3.40. The number of hydrogen-bond acceptors (Lipinski definition) is 6. The molecule has 3 fully saturated rings. The standard InChI is InChI=1S/C26H32N6O2/c1-2-17-4-8-21(30-25(17)33)18-3-7-20(15-18)31-11-13-32(14-12-31)24-10-9-22(29-23(24)16-27)26(34)28-19-5-6-19/h4,8-10,18-20H,2-3,5-7,11-15H2,1H3,(H,28,34)(H,30,33)/t18-,20+/m1/s1. The zero-order chi connectivity index (χ0) is 23.7. The number of aromatic amines is 1. The molecule has 2 saturated carbocycles. The molecule has 5 rings (SSSR count). The van der Waals surface area contributed by atoms with E-state index in [1.54, 1.807) is 6.07 Å². The van der Waals surface area contributed by atoms with Gasteiger partial charge in [0.2, 0.25) is 0 Å². The van der Waals surface area contributed by atoms with E-state index in [1.807, 2.05) is 19.1 Å². The Balaban J connectivity index is 1.19. The fourth-order valence-electron chi connectivity index (χ4n) is 5.34. The largest absolute Gasteiger partial charge is 0.367 e. The predicted octanol–water partition coefficient (Wildman–Crippen LogP) is 2.55. The van der Waals surface area contributed by atoms with Crippen LogP contribution in [0.25, 0.3) is 0 Å². The van der Waals surface area contributed by atoms with Crippen LogP contribution in [0, 0.1) is 11.3 Å². The number of aromatic nitrogens is 2. The summed E-state index contributed by atoms with van der Waals surface area (Å²) < 4.78 is 0. The maximum absolute atomic E-state index is 12.3. The molecule has 2 aliphatic carbocycles. The van der Waals surface area contributed by atoms with Crippen molar-refractivity contribution in [2.45, 2.75) is 63.5 Å². The van der Waals surface area contributed by atoms with E-state index in [-0.39, 0.29) is 17.5 Å². The summed E-state index contributed by atoms with van der Waals surface area (Å²) in [4.78, 5) is 36.7. The van der Waals surface area contributed by atoms with E-state index in [9.17, 15) is 14.9 Å². The minimum atomic E-state index is -0.197. The minimum absolute atomic E-state index is 0.0509. The lowest BCUT2D eigenvalue weighted by atomic mass is 10.0. The van der Waals surface area contributed by atoms with Crippen LogP contribution < -0.4 is 15.8 Å². The summed E-state index contributed by atoms with van der Waals surface area (Å²) in [6.07, 6.45) is 6.09. The number of hydrogen-bond donors (Lipinski definition) is 2. The van der Waals surface area contributed by atoms with Crippen molar-refractivity contribution >= 4 is 11.6 Å². The molecular formula is C26H32N6O2. The quantitative estimate of drug-likeness (QED) is 0.686. The Bertz CT molecular complexity index is 1160. The first-order valence-electron chi connectivity index (χ1n) is 12.5. The predicted molar refractivity (Wildman–Crippen MR) is 130 cm³/mol. The summed E-state index contributed by atoms with van der Waals surface area (Å²) in [6.45, 7) is 5.51. The number of anilines is 1. The summed E-state index contributed by atoms with van der Waals surface area (Å²) in [7, 11) is 0. The third-order valence-corrected chi connectivity index (χ3v) is 7.54. The summed E-state index contributed by atoms with van der Waals surface area (Å²) >= 11 is 0. The van der Waals surface area contributed by atoms with Gasteiger partial charge in [0.25, 0.3) is 11.5 Å². The molecule has 8 nitrogen and oxygen atoms in total. The molecule has 34 heavy (non-hydrogen) atoms. The van der Waals surface area contributed by atoms with Crippen molar-refractivity contribution in [3.63, 3.8) is 0 Å². The Hall–Kier alpha value is -3.18. The van der Waals surface area contributed by atoms with Gasteiger partial charge in [-0.05, 0) is 56.7 Å². The van der Waals surface area contributed by atoms with Crippen LogP contribution in [0.2, 0.25) is 0 Å². The number of rotatable bonds is 6. The molecular weight excluding hydrogens is 428 g/mol. The lowest BCUT2D eigenvalue weighted by molar-refractivity contribution is 0.0946. The summed E-state index contributed by atoms with van der Waals surface area (Å²) in [5, 5.41) is 12.6. The van der Waals surface area contributed by atoms with Crippen molar-refractivity contribution < 1.29 is 4.79 Å². The van der Waals surface area contributed by atoms with Gasteiger partial charge in [-0.1, -0.05) is 13.0 Å². The molecule has 1 amide bonds. The SMILES string of the molecule is CCc1ccc([C@@H]2CC[C@H](N3CCN(c4ccc(C(=O)NC5CC5)nc4C#N)CC3)C2)[nH]c1=O. The number of carbonyl (C=O) groups excluding carboxylic acids is 1. The van der Waals surface area contributed by atoms with E-state index in [0.717, 1.165) is 81.6 Å². The highest BCUT2D eigenvalue weighted by Crippen LogP contribution is 2.36. The number of pyridine rings is 2. The smallest absolute Gasteiger partial charge is 0.270 e. The molecule has 2 aromatic heterocycles. The number of nitriles is 1. The van der Waals surface area contributed by atoms with Gasteiger partial charge in [-0.3, -0.25) is 14.5 Å². The van der Waals surface area contributed by atoms with E-state index in [2.05, 4.69) is 37.2 Å². The zero-order valence-electron chi connectivity index (χ0n) is 19.7. The van der Waals surface area contributed by atoms with Crippen LogP contribution in [-0.4, -0.2) is 59.0 Å². The topological polar surface area (TPSA) is 105 Å². The Kier molecular flexibility index (Phi) is 6.38. The van der Waals surface area contributed by atoms with Gasteiger partial charge in [0.05, 0.1) is 5.69 Å². The number of aryl methyl sites for hydroxylation is 1. The Morgan fingerprint density at radius 2 is 1.94 bits per heavy atom. The van der Waals surface area contributed by atoms with Gasteiger partial charge in [0.1, 0.15) is 11.8 Å². The molecule has 3 heterocycles. The third kappa shape index (κ3) is 4.71. The average molecular weight is 461 g/mol. The van der Waals surface area contributed by atoms with Crippen LogP contribution in [0.3, 0.4) is 0 Å². The van der Waals surface area contributed by atoms with E-state index in [1.165, 1.54) is 0 Å². The van der Waals surface area contributed by atoms with Gasteiger partial charge in [0, 0.05) is 55.4 Å². The van der Waals surface area contributed by atoms with Gasteiger partial charge in [-0.25, -0.2) is 4.98 Å². The van der Waals surface area contributed by atoms with Gasteiger partial charge >= 0.3 is 0 Å². The number of carbonyl (C=O) groups is 1. The molecule has 0 radical (unpaired) electrons. The van der Waals surface area contributed by atoms with Gasteiger partial charge < -0.3 is 15.2 Å². The number of piperazine rings is 1. The molecule has 2 atom stereocenters. The van der Waals surface area contributed by atoms with Crippen LogP contribution in [0.15, 0.2) is 29.1 Å². The molecule has 0 bridgehead atoms. The first-order valence-corrected chi connectivity index (χ1v) is 12.5. The van der Waals surface area contributed by atoms with Crippen LogP contribution in [0.4, 0.5) is 5.69 Å². The van der Waals surface area contributed by atoms with Crippen molar-refractivity contribution in [3.8, 4) is 6.07 Å². The summed E-state index contributed by atoms with van der Waals surface area (Å²) in [5.74, 6) is 0.210. The van der Waals surface area contributed by atoms with E-state index in [4.69, 9.17) is 0 Å². The van der Waals surface area contributed by atoms with E-state index in [0.29, 0.717) is 23.3 Å². The van der Waals surface area contributed by atoms with Crippen molar-refractivity contribution in [2.24, 2.45) is 0 Å². The second kappa shape index (κ2) is 9.59. The van der Waals surface area contributed by atoms with Crippen LogP contribution in [-0.2, 0) is 6.42 Å². The van der Waals surface area contributed by atoms with Crippen LogP contribution in [0.1, 0.15) is 72.4 Å². The third-order valence-electron chi connectivity index (χ3n) is 7.54. The fraction of sp³-hybridized carbons (Fsp3) is 0.538. The van der Waals surface area contributed by atoms with Crippen molar-refractivity contribution in [1.82, 2.24) is 20.2 Å². The minimum Gasteiger partial charge on any atom is -0.367 e. The molecule has 2 N–H and O–H groups in total. The maximum Gasteiger partial charge on any atom is 0.270 e. The lowest BCUT2D eigenvalue weighted by Crippen LogP contribution is -2.50. The monoisotopic (exact) mass is 460 g/mol. The van der Waals surface area contributed by atoms with E-state index < -0.39 is 0 Å². The molecule has 3 aliphatic rings. The number of nitrogens with zero attached hydrogens (tertiary/aromatic N) is 4. The van der Waals surface area contributed by atoms with Crippen LogP contribution >= 0.6 is 0 Å². The zero-order valence-corrected chi connectivity index (χ0v) is 19.7. The molecule has 1 aliphatic heterocycles. The molecule has 0 spiro atoms. The first-order chi connectivity index (χ1) is 16.6. The molecule has 2 aromatic rings. The molecule has 0 unspecified atom stereocenters. The Labute approximate surface area is 200 Å². The fourth-order valence-corrected chi connectivity index (χ4v) is 5.34. The highest BCUT2D eigenvalue weighted by atomic mass is 16.2. The lowest BCUT2D eigenvalue weighted by Gasteiger charge is -2.39. The molecule has 0 aromatic carbocycles. The highest BCUT2D eigenvalue weighted by molar-refractivity contribution is 5.93. The molecule has 1 saturated heterocycles. The van der Waals surface area contributed by atoms with Crippen molar-refractivity contribution in [3.05, 3.63) is 57.3 Å². The normalized spacial score (nSPS) is 23.0. The van der Waals surface area contributed by atoms with Crippen molar-refractivity contribution in [2.75, 3.05) is 31.1 Å². The van der Waals surface area contributed by atoms with Gasteiger partial charge in [0.15, 0.2) is 5.69 Å². The van der Waals surface area contributed by atoms with E-state index >= 15 is 0 Å². The molecule has 8 heteroatoms. The second-order valence-electron chi connectivity index (χ2n) is 9.73. The Morgan fingerprint density at radius 1 is 1.15 bits per heavy atom. The number of H-pyrrole nitrogens is 1. The molecule has 178 valence electrons. The Morgan fingerprint density at radius 3 is 2.62 bits per heavy atom. The number of nitrogens with one attached hydrogen (secondary N) is 2. The summed E-state index contributed by atoms with van der Waals surface area (Å²) in [6, 6.07) is 10.6.